The fourth-order valence-electron chi connectivity index (χ4n) is 7.47. The van der Waals surface area contributed by atoms with Gasteiger partial charge in [0.2, 0.25) is 11.8 Å². The summed E-state index contributed by atoms with van der Waals surface area (Å²) in [6.07, 6.45) is 4.88. The van der Waals surface area contributed by atoms with Gasteiger partial charge in [0.05, 0.1) is 32.2 Å². The molecule has 3 aliphatic rings. The van der Waals surface area contributed by atoms with E-state index < -0.39 is 10.4 Å². The molecule has 0 bridgehead atoms. The summed E-state index contributed by atoms with van der Waals surface area (Å²) in [4.78, 5) is 34.6. The summed E-state index contributed by atoms with van der Waals surface area (Å²) >= 11 is 6.29. The van der Waals surface area contributed by atoms with Crippen molar-refractivity contribution in [2.45, 2.75) is 64.1 Å². The molecule has 2 aliphatic heterocycles. The third kappa shape index (κ3) is 9.95. The number of nitrogens with zero attached hydrogens (tertiary/aromatic N) is 4. The van der Waals surface area contributed by atoms with Crippen LogP contribution in [0.3, 0.4) is 0 Å². The lowest BCUT2D eigenvalue weighted by Gasteiger charge is -2.41. The molecule has 0 radical (unpaired) electrons. The van der Waals surface area contributed by atoms with Gasteiger partial charge in [-0.05, 0) is 111 Å². The van der Waals surface area contributed by atoms with Crippen LogP contribution in [-0.2, 0) is 26.4 Å². The van der Waals surface area contributed by atoms with Gasteiger partial charge in [-0.1, -0.05) is 23.7 Å². The SMILES string of the molecule is COc1cc2c(cc1OC(C)C)C(c1ccc(Cl)cc1)N(c1ccc(N(C)CC3CCC(N4CCN(C)C(=O)C4)CC3)cc1)C(=O)C2.O=S(=O)(O)O. The second kappa shape index (κ2) is 16.9. The first-order valence-electron chi connectivity index (χ1n) is 17.5. The van der Waals surface area contributed by atoms with Gasteiger partial charge in [-0.15, -0.1) is 0 Å². The number of fused-ring (bicyclic) bond motifs is 1. The molecule has 1 saturated heterocycles. The molecular weight excluding hydrogens is 708 g/mol. The maximum atomic E-state index is 13.9. The quantitative estimate of drug-likeness (QED) is 0.253. The Kier molecular flexibility index (Phi) is 12.7. The van der Waals surface area contributed by atoms with Crippen molar-refractivity contribution in [2.24, 2.45) is 5.92 Å². The van der Waals surface area contributed by atoms with Crippen molar-refractivity contribution in [1.82, 2.24) is 9.80 Å². The smallest absolute Gasteiger partial charge is 0.394 e. The molecule has 282 valence electrons. The summed E-state index contributed by atoms with van der Waals surface area (Å²) in [6, 6.07) is 20.3. The summed E-state index contributed by atoms with van der Waals surface area (Å²) in [6.45, 7) is 7.34. The van der Waals surface area contributed by atoms with Gasteiger partial charge in [0.15, 0.2) is 11.5 Å². The van der Waals surface area contributed by atoms with E-state index in [1.807, 2.05) is 67.1 Å². The van der Waals surface area contributed by atoms with Crippen LogP contribution >= 0.6 is 11.6 Å². The topological polar surface area (TPSA) is 140 Å². The Balaban J connectivity index is 0.000000979. The van der Waals surface area contributed by atoms with E-state index in [4.69, 9.17) is 38.6 Å². The van der Waals surface area contributed by atoms with Gasteiger partial charge in [-0.3, -0.25) is 23.6 Å². The summed E-state index contributed by atoms with van der Waals surface area (Å²) < 4.78 is 43.4. The fourth-order valence-corrected chi connectivity index (χ4v) is 7.60. The summed E-state index contributed by atoms with van der Waals surface area (Å²) in [5.74, 6) is 2.17. The Bertz CT molecular complexity index is 1810. The van der Waals surface area contributed by atoms with Gasteiger partial charge in [-0.25, -0.2) is 0 Å². The molecule has 3 aromatic carbocycles. The van der Waals surface area contributed by atoms with Crippen LogP contribution < -0.4 is 19.3 Å². The van der Waals surface area contributed by atoms with Crippen molar-refractivity contribution in [3.05, 3.63) is 82.4 Å². The number of carbonyl (C=O) groups excluding carboxylic acids is 2. The summed E-state index contributed by atoms with van der Waals surface area (Å²) in [5.41, 5.74) is 4.90. The van der Waals surface area contributed by atoms with Gasteiger partial charge in [0.1, 0.15) is 0 Å². The number of hydrogen-bond donors (Lipinski definition) is 2. The molecule has 6 rings (SSSR count). The molecule has 3 aromatic rings. The van der Waals surface area contributed by atoms with Crippen molar-refractivity contribution in [3.8, 4) is 11.5 Å². The Morgan fingerprint density at radius 1 is 0.923 bits per heavy atom. The molecule has 2 amide bonds. The maximum absolute atomic E-state index is 13.9. The molecule has 1 unspecified atom stereocenters. The summed E-state index contributed by atoms with van der Waals surface area (Å²) in [5, 5.41) is 0.650. The minimum Gasteiger partial charge on any atom is -0.493 e. The minimum atomic E-state index is -4.67. The number of methoxy groups -OCH3 is 1. The van der Waals surface area contributed by atoms with Gasteiger partial charge in [0.25, 0.3) is 0 Å². The van der Waals surface area contributed by atoms with Crippen LogP contribution in [0.15, 0.2) is 60.7 Å². The first-order chi connectivity index (χ1) is 24.6. The number of halogens is 1. The largest absolute Gasteiger partial charge is 0.493 e. The van der Waals surface area contributed by atoms with Crippen LogP contribution in [0, 0.1) is 5.92 Å². The zero-order chi connectivity index (χ0) is 37.7. The van der Waals surface area contributed by atoms with E-state index in [2.05, 4.69) is 41.1 Å². The number of amides is 2. The van der Waals surface area contributed by atoms with Crippen LogP contribution in [0.2, 0.25) is 5.02 Å². The molecule has 0 spiro atoms. The maximum Gasteiger partial charge on any atom is 0.394 e. The van der Waals surface area contributed by atoms with Crippen LogP contribution in [0.1, 0.15) is 62.3 Å². The van der Waals surface area contributed by atoms with Crippen LogP contribution in [0.5, 0.6) is 11.5 Å². The molecular formula is C38H49ClN4O8S. The standard InChI is InChI=1S/C38H47ClN4O4.H2O4S/c1-25(2)47-35-22-33-28(20-34(35)46-5)21-36(44)43(38(33)27-8-10-29(39)11-9-27)32-16-14-30(15-17-32)41(4)23-26-6-12-31(13-7-26)42-19-18-40(3)37(45)24-42;1-5(2,3)4/h8-11,14-17,20,22,25-26,31,38H,6-7,12-13,18-19,21,23-24H2,1-5H3;(H2,1,2,3,4). The van der Waals surface area contributed by atoms with E-state index in [-0.39, 0.29) is 30.4 Å². The van der Waals surface area contributed by atoms with Crippen molar-refractivity contribution in [3.63, 3.8) is 0 Å². The highest BCUT2D eigenvalue weighted by atomic mass is 35.5. The number of piperazine rings is 1. The van der Waals surface area contributed by atoms with Gasteiger partial charge < -0.3 is 24.2 Å². The predicted molar refractivity (Wildman–Crippen MR) is 202 cm³/mol. The molecule has 52 heavy (non-hydrogen) atoms. The van der Waals surface area contributed by atoms with Crippen molar-refractivity contribution < 1.29 is 36.6 Å². The van der Waals surface area contributed by atoms with Crippen LogP contribution in [0.25, 0.3) is 0 Å². The lowest BCUT2D eigenvalue weighted by atomic mass is 9.84. The Morgan fingerprint density at radius 2 is 1.56 bits per heavy atom. The van der Waals surface area contributed by atoms with Crippen LogP contribution in [0.4, 0.5) is 11.4 Å². The highest BCUT2D eigenvalue weighted by Crippen LogP contribution is 2.44. The molecule has 2 fully saturated rings. The van der Waals surface area contributed by atoms with E-state index in [1.165, 1.54) is 12.8 Å². The first-order valence-corrected chi connectivity index (χ1v) is 19.3. The Hall–Kier alpha value is -3.88. The van der Waals surface area contributed by atoms with E-state index in [0.29, 0.717) is 35.0 Å². The molecule has 0 aromatic heterocycles. The van der Waals surface area contributed by atoms with E-state index in [1.54, 1.807) is 7.11 Å². The number of ether oxygens (including phenoxy) is 2. The minimum absolute atomic E-state index is 0.0249. The first kappa shape index (κ1) is 39.3. The highest BCUT2D eigenvalue weighted by Gasteiger charge is 2.36. The van der Waals surface area contributed by atoms with Gasteiger partial charge in [0, 0.05) is 56.2 Å². The third-order valence-corrected chi connectivity index (χ3v) is 10.3. The van der Waals surface area contributed by atoms with Crippen molar-refractivity contribution >= 4 is 45.2 Å². The van der Waals surface area contributed by atoms with Crippen LogP contribution in [-0.4, -0.2) is 98.7 Å². The molecule has 14 heteroatoms. The zero-order valence-corrected chi connectivity index (χ0v) is 31.9. The lowest BCUT2D eigenvalue weighted by molar-refractivity contribution is -0.135. The number of anilines is 2. The molecule has 1 atom stereocenters. The average molecular weight is 757 g/mol. The summed E-state index contributed by atoms with van der Waals surface area (Å²) in [7, 11) is 1.02. The Labute approximate surface area is 311 Å². The number of likely N-dealkylation sites (N-methyl/N-ethyl adjacent to an activating group) is 1. The second-order valence-electron chi connectivity index (χ2n) is 14.1. The lowest BCUT2D eigenvalue weighted by Crippen LogP contribution is -2.53. The van der Waals surface area contributed by atoms with E-state index >= 15 is 0 Å². The third-order valence-electron chi connectivity index (χ3n) is 10.1. The van der Waals surface area contributed by atoms with E-state index in [9.17, 15) is 9.59 Å². The number of hydrogen-bond acceptors (Lipinski definition) is 8. The van der Waals surface area contributed by atoms with Gasteiger partial charge in [-0.2, -0.15) is 8.42 Å². The molecule has 12 nitrogen and oxygen atoms in total. The molecule has 1 aliphatic carbocycles. The Morgan fingerprint density at radius 3 is 2.13 bits per heavy atom. The van der Waals surface area contributed by atoms with Gasteiger partial charge >= 0.3 is 10.4 Å². The normalized spacial score (nSPS) is 21.0. The molecule has 2 N–H and O–H groups in total. The second-order valence-corrected chi connectivity index (χ2v) is 15.4. The van der Waals surface area contributed by atoms with Crippen molar-refractivity contribution in [1.29, 1.82) is 0 Å². The molecule has 2 heterocycles. The number of carbonyl (C=O) groups is 2. The fraction of sp³-hybridized carbons (Fsp3) is 0.474. The predicted octanol–water partition coefficient (Wildman–Crippen LogP) is 5.93. The molecule has 1 saturated carbocycles. The average Bonchev–Trinajstić information content (AvgIpc) is 3.09. The monoisotopic (exact) mass is 756 g/mol. The zero-order valence-electron chi connectivity index (χ0n) is 30.4. The number of rotatable bonds is 9. The highest BCUT2D eigenvalue weighted by molar-refractivity contribution is 7.79. The van der Waals surface area contributed by atoms with Crippen molar-refractivity contribution in [2.75, 3.05) is 57.2 Å². The van der Waals surface area contributed by atoms with E-state index in [0.717, 1.165) is 60.5 Å². The number of benzene rings is 3.